The summed E-state index contributed by atoms with van der Waals surface area (Å²) in [4.78, 5) is 2.60. The Labute approximate surface area is 106 Å². The van der Waals surface area contributed by atoms with Gasteiger partial charge in [-0.3, -0.25) is 4.68 Å². The molecule has 3 nitrogen and oxygen atoms in total. The molecule has 2 rings (SSSR count). The molecule has 0 aliphatic carbocycles. The van der Waals surface area contributed by atoms with Gasteiger partial charge in [0.2, 0.25) is 0 Å². The van der Waals surface area contributed by atoms with Gasteiger partial charge in [-0.1, -0.05) is 0 Å². The van der Waals surface area contributed by atoms with Crippen molar-refractivity contribution in [1.29, 1.82) is 0 Å². The van der Waals surface area contributed by atoms with Gasteiger partial charge < -0.3 is 5.73 Å². The van der Waals surface area contributed by atoms with E-state index in [1.807, 2.05) is 6.92 Å². The van der Waals surface area contributed by atoms with Gasteiger partial charge >= 0.3 is 0 Å². The summed E-state index contributed by atoms with van der Waals surface area (Å²) >= 11 is 1.80. The van der Waals surface area contributed by atoms with Gasteiger partial charge in [-0.2, -0.15) is 5.10 Å². The smallest absolute Gasteiger partial charge is 0.0985 e. The molecule has 2 heterocycles. The second-order valence-electron chi connectivity index (χ2n) is 4.44. The molecule has 2 aromatic rings. The quantitative estimate of drug-likeness (QED) is 0.909. The van der Waals surface area contributed by atoms with Crippen LogP contribution in [0, 0.1) is 27.7 Å². The number of nitrogens with two attached hydrogens (primary N) is 1. The first kappa shape index (κ1) is 12.3. The third-order valence-electron chi connectivity index (χ3n) is 3.29. The maximum Gasteiger partial charge on any atom is 0.0985 e. The molecule has 0 radical (unpaired) electrons. The predicted molar refractivity (Wildman–Crippen MR) is 72.7 cm³/mol. The predicted octanol–water partition coefficient (Wildman–Crippen LogP) is 2.73. The Balaban J connectivity index is 2.45. The zero-order valence-electron chi connectivity index (χ0n) is 10.8. The van der Waals surface area contributed by atoms with Gasteiger partial charge in [0.05, 0.1) is 11.7 Å². The molecular formula is C13H19N3S. The van der Waals surface area contributed by atoms with E-state index in [2.05, 4.69) is 42.7 Å². The first-order chi connectivity index (χ1) is 8.04. The SMILES string of the molecule is Cc1ccc(C(CN)n2nc(C)c(C)c2C)s1. The van der Waals surface area contributed by atoms with Crippen LogP contribution in [0.3, 0.4) is 0 Å². The molecule has 0 aliphatic rings. The second kappa shape index (κ2) is 4.63. The lowest BCUT2D eigenvalue weighted by molar-refractivity contribution is 0.523. The van der Waals surface area contributed by atoms with Gasteiger partial charge in [0, 0.05) is 22.0 Å². The highest BCUT2D eigenvalue weighted by Gasteiger charge is 2.18. The van der Waals surface area contributed by atoms with Crippen molar-refractivity contribution in [3.05, 3.63) is 38.8 Å². The van der Waals surface area contributed by atoms with Crippen LogP contribution in [0.2, 0.25) is 0 Å². The fourth-order valence-electron chi connectivity index (χ4n) is 2.02. The minimum Gasteiger partial charge on any atom is -0.328 e. The minimum absolute atomic E-state index is 0.168. The summed E-state index contributed by atoms with van der Waals surface area (Å²) in [6.45, 7) is 8.97. The highest BCUT2D eigenvalue weighted by molar-refractivity contribution is 7.12. The normalized spacial score (nSPS) is 13.0. The number of rotatable bonds is 3. The van der Waals surface area contributed by atoms with Crippen molar-refractivity contribution in [2.24, 2.45) is 5.73 Å². The van der Waals surface area contributed by atoms with Gasteiger partial charge in [-0.05, 0) is 45.4 Å². The Morgan fingerprint density at radius 1 is 1.29 bits per heavy atom. The highest BCUT2D eigenvalue weighted by Crippen LogP contribution is 2.27. The van der Waals surface area contributed by atoms with E-state index in [4.69, 9.17) is 5.73 Å². The van der Waals surface area contributed by atoms with Crippen molar-refractivity contribution in [3.8, 4) is 0 Å². The monoisotopic (exact) mass is 249 g/mol. The lowest BCUT2D eigenvalue weighted by Gasteiger charge is -2.16. The number of hydrogen-bond donors (Lipinski definition) is 1. The van der Waals surface area contributed by atoms with E-state index in [0.717, 1.165) is 5.69 Å². The van der Waals surface area contributed by atoms with Gasteiger partial charge in [-0.25, -0.2) is 0 Å². The van der Waals surface area contributed by atoms with Crippen LogP contribution in [-0.4, -0.2) is 16.3 Å². The number of hydrogen-bond acceptors (Lipinski definition) is 3. The van der Waals surface area contributed by atoms with Gasteiger partial charge in [0.1, 0.15) is 0 Å². The summed E-state index contributed by atoms with van der Waals surface area (Å²) in [7, 11) is 0. The standard InChI is InChI=1S/C13H19N3S/c1-8-5-6-13(17-8)12(7-14)16-11(4)9(2)10(3)15-16/h5-6,12H,7,14H2,1-4H3. The average molecular weight is 249 g/mol. The van der Waals surface area contributed by atoms with Gasteiger partial charge in [-0.15, -0.1) is 11.3 Å². The van der Waals surface area contributed by atoms with Crippen LogP contribution in [0.25, 0.3) is 0 Å². The summed E-state index contributed by atoms with van der Waals surface area (Å²) in [5.74, 6) is 0. The molecule has 0 saturated carbocycles. The van der Waals surface area contributed by atoms with Crippen LogP contribution in [0.4, 0.5) is 0 Å². The van der Waals surface area contributed by atoms with Crippen molar-refractivity contribution in [3.63, 3.8) is 0 Å². The summed E-state index contributed by atoms with van der Waals surface area (Å²) < 4.78 is 2.07. The van der Waals surface area contributed by atoms with Crippen LogP contribution >= 0.6 is 11.3 Å². The van der Waals surface area contributed by atoms with Crippen molar-refractivity contribution < 1.29 is 0 Å². The lowest BCUT2D eigenvalue weighted by Crippen LogP contribution is -2.21. The van der Waals surface area contributed by atoms with Crippen LogP contribution in [0.1, 0.15) is 32.7 Å². The number of aromatic nitrogens is 2. The molecule has 0 saturated heterocycles. The molecule has 0 amide bonds. The van der Waals surface area contributed by atoms with E-state index in [1.165, 1.54) is 21.0 Å². The van der Waals surface area contributed by atoms with Crippen molar-refractivity contribution in [1.82, 2.24) is 9.78 Å². The van der Waals surface area contributed by atoms with E-state index < -0.39 is 0 Å². The molecule has 1 unspecified atom stereocenters. The summed E-state index contributed by atoms with van der Waals surface area (Å²) in [5.41, 5.74) is 9.48. The molecule has 0 aromatic carbocycles. The largest absolute Gasteiger partial charge is 0.328 e. The fraction of sp³-hybridized carbons (Fsp3) is 0.462. The number of thiophene rings is 1. The molecular weight excluding hydrogens is 230 g/mol. The zero-order valence-corrected chi connectivity index (χ0v) is 11.6. The molecule has 4 heteroatoms. The fourth-order valence-corrected chi connectivity index (χ4v) is 2.99. The van der Waals surface area contributed by atoms with Crippen molar-refractivity contribution in [2.75, 3.05) is 6.54 Å². The summed E-state index contributed by atoms with van der Waals surface area (Å²) in [6, 6.07) is 4.46. The van der Waals surface area contributed by atoms with Crippen LogP contribution in [0.15, 0.2) is 12.1 Å². The van der Waals surface area contributed by atoms with Crippen LogP contribution in [-0.2, 0) is 0 Å². The lowest BCUT2D eigenvalue weighted by atomic mass is 10.2. The minimum atomic E-state index is 0.168. The maximum absolute atomic E-state index is 5.92. The Hall–Kier alpha value is -1.13. The third kappa shape index (κ3) is 2.15. The molecule has 92 valence electrons. The molecule has 1 atom stereocenters. The van der Waals surface area contributed by atoms with E-state index in [9.17, 15) is 0 Å². The Kier molecular flexibility index (Phi) is 3.35. The Bertz CT molecular complexity index is 525. The first-order valence-electron chi connectivity index (χ1n) is 5.83. The van der Waals surface area contributed by atoms with Crippen LogP contribution < -0.4 is 5.73 Å². The van der Waals surface area contributed by atoms with Gasteiger partial charge in [0.25, 0.3) is 0 Å². The van der Waals surface area contributed by atoms with E-state index in [1.54, 1.807) is 11.3 Å². The third-order valence-corrected chi connectivity index (χ3v) is 4.40. The summed E-state index contributed by atoms with van der Waals surface area (Å²) in [5, 5.41) is 4.61. The summed E-state index contributed by atoms with van der Waals surface area (Å²) in [6.07, 6.45) is 0. The van der Waals surface area contributed by atoms with E-state index in [0.29, 0.717) is 6.54 Å². The Morgan fingerprint density at radius 2 is 2.00 bits per heavy atom. The zero-order chi connectivity index (χ0) is 12.6. The second-order valence-corrected chi connectivity index (χ2v) is 5.76. The average Bonchev–Trinajstić information content (AvgIpc) is 2.82. The van der Waals surface area contributed by atoms with E-state index in [-0.39, 0.29) is 6.04 Å². The van der Waals surface area contributed by atoms with Crippen molar-refractivity contribution >= 4 is 11.3 Å². The Morgan fingerprint density at radius 3 is 2.41 bits per heavy atom. The topological polar surface area (TPSA) is 43.8 Å². The van der Waals surface area contributed by atoms with Crippen LogP contribution in [0.5, 0.6) is 0 Å². The van der Waals surface area contributed by atoms with Crippen molar-refractivity contribution in [2.45, 2.75) is 33.7 Å². The molecule has 0 aliphatic heterocycles. The number of nitrogens with zero attached hydrogens (tertiary/aromatic N) is 2. The molecule has 2 N–H and O–H groups in total. The van der Waals surface area contributed by atoms with E-state index >= 15 is 0 Å². The maximum atomic E-state index is 5.92. The molecule has 0 spiro atoms. The first-order valence-corrected chi connectivity index (χ1v) is 6.65. The molecule has 0 fully saturated rings. The highest BCUT2D eigenvalue weighted by atomic mass is 32.1. The molecule has 0 bridgehead atoms. The molecule has 17 heavy (non-hydrogen) atoms. The number of aryl methyl sites for hydroxylation is 2. The molecule has 2 aromatic heterocycles. The van der Waals surface area contributed by atoms with Gasteiger partial charge in [0.15, 0.2) is 0 Å².